The maximum absolute atomic E-state index is 12.2. The number of aromatic nitrogens is 2. The maximum Gasteiger partial charge on any atom is 0.243 e. The first-order valence-corrected chi connectivity index (χ1v) is 6.61. The summed E-state index contributed by atoms with van der Waals surface area (Å²) in [4.78, 5) is 29.2. The zero-order chi connectivity index (χ0) is 13.8. The van der Waals surface area contributed by atoms with E-state index in [1.54, 1.807) is 17.4 Å². The molecule has 104 valence electrons. The quantitative estimate of drug-likeness (QED) is 0.856. The number of hydrogen-bond acceptors (Lipinski definition) is 3. The second-order valence-corrected chi connectivity index (χ2v) is 5.04. The molecule has 1 aliphatic heterocycles. The number of carbonyl (C=O) groups is 2. The Bertz CT molecular complexity index is 444. The van der Waals surface area contributed by atoms with Crippen molar-refractivity contribution in [1.82, 2.24) is 19.8 Å². The van der Waals surface area contributed by atoms with E-state index < -0.39 is 0 Å². The van der Waals surface area contributed by atoms with E-state index in [4.69, 9.17) is 0 Å². The van der Waals surface area contributed by atoms with Crippen LogP contribution in [0.1, 0.15) is 26.7 Å². The van der Waals surface area contributed by atoms with E-state index in [9.17, 15) is 9.59 Å². The van der Waals surface area contributed by atoms with Gasteiger partial charge < -0.3 is 14.8 Å². The predicted molar refractivity (Wildman–Crippen MR) is 70.2 cm³/mol. The van der Waals surface area contributed by atoms with Crippen LogP contribution in [0, 0.1) is 0 Å². The number of rotatable bonds is 4. The molecule has 1 aromatic rings. The van der Waals surface area contributed by atoms with E-state index in [0.29, 0.717) is 13.1 Å². The van der Waals surface area contributed by atoms with Gasteiger partial charge >= 0.3 is 0 Å². The Hall–Kier alpha value is -1.85. The number of hydrogen-bond donors (Lipinski definition) is 1. The van der Waals surface area contributed by atoms with Crippen molar-refractivity contribution in [2.24, 2.45) is 0 Å². The lowest BCUT2D eigenvalue weighted by molar-refractivity contribution is -0.137. The van der Waals surface area contributed by atoms with Gasteiger partial charge in [0, 0.05) is 38.4 Å². The molecule has 0 saturated carbocycles. The average Bonchev–Trinajstić information content (AvgIpc) is 2.97. The molecule has 6 nitrogen and oxygen atoms in total. The Balaban J connectivity index is 1.88. The molecule has 1 N–H and O–H groups in total. The van der Waals surface area contributed by atoms with E-state index in [-0.39, 0.29) is 23.9 Å². The molecule has 6 heteroatoms. The molecule has 1 aromatic heterocycles. The van der Waals surface area contributed by atoms with E-state index >= 15 is 0 Å². The Morgan fingerprint density at radius 1 is 1.53 bits per heavy atom. The number of amides is 2. The summed E-state index contributed by atoms with van der Waals surface area (Å²) in [6.07, 6.45) is 6.94. The van der Waals surface area contributed by atoms with Gasteiger partial charge in [-0.05, 0) is 19.8 Å². The van der Waals surface area contributed by atoms with Crippen LogP contribution in [0.3, 0.4) is 0 Å². The third-order valence-corrected chi connectivity index (χ3v) is 3.39. The largest absolute Gasteiger partial charge is 0.350 e. The molecule has 2 atom stereocenters. The highest BCUT2D eigenvalue weighted by Gasteiger charge is 2.32. The summed E-state index contributed by atoms with van der Waals surface area (Å²) in [5, 5.41) is 2.96. The van der Waals surface area contributed by atoms with Crippen LogP contribution in [0.15, 0.2) is 18.7 Å². The highest BCUT2D eigenvalue weighted by molar-refractivity contribution is 5.87. The molecule has 0 spiro atoms. The zero-order valence-corrected chi connectivity index (χ0v) is 11.4. The number of nitrogens with zero attached hydrogens (tertiary/aromatic N) is 3. The van der Waals surface area contributed by atoms with E-state index in [2.05, 4.69) is 10.3 Å². The first kappa shape index (κ1) is 13.6. The minimum Gasteiger partial charge on any atom is -0.350 e. The summed E-state index contributed by atoms with van der Waals surface area (Å²) in [7, 11) is 0. The molecular weight excluding hydrogens is 244 g/mol. The van der Waals surface area contributed by atoms with E-state index in [1.165, 1.54) is 6.92 Å². The fourth-order valence-electron chi connectivity index (χ4n) is 2.51. The first-order valence-electron chi connectivity index (χ1n) is 6.61. The number of nitrogens with one attached hydrogen (secondary N) is 1. The Kier molecular flexibility index (Phi) is 4.19. The molecule has 0 radical (unpaired) electrons. The van der Waals surface area contributed by atoms with Crippen LogP contribution in [0.25, 0.3) is 0 Å². The van der Waals surface area contributed by atoms with Gasteiger partial charge in [0.15, 0.2) is 0 Å². The predicted octanol–water partition coefficient (Wildman–Crippen LogP) is 0.399. The van der Waals surface area contributed by atoms with Crippen LogP contribution >= 0.6 is 0 Å². The number of carbonyl (C=O) groups excluding carboxylic acids is 2. The molecule has 2 rings (SSSR count). The van der Waals surface area contributed by atoms with Gasteiger partial charge in [-0.1, -0.05) is 0 Å². The smallest absolute Gasteiger partial charge is 0.243 e. The van der Waals surface area contributed by atoms with Crippen LogP contribution < -0.4 is 5.32 Å². The van der Waals surface area contributed by atoms with Crippen molar-refractivity contribution in [2.45, 2.75) is 45.3 Å². The minimum atomic E-state index is -0.303. The monoisotopic (exact) mass is 264 g/mol. The minimum absolute atomic E-state index is 0.0103. The molecule has 0 aromatic carbocycles. The standard InChI is InChI=1S/C13H20N4O2/c1-10(8-16-7-5-14-9-16)15-13(19)12-4-3-6-17(12)11(2)18/h5,7,9-10,12H,3-4,6,8H2,1-2H3,(H,15,19)/t10?,12-/m1/s1. The molecule has 2 amide bonds. The summed E-state index contributed by atoms with van der Waals surface area (Å²) in [5.74, 6) is -0.0831. The molecule has 1 unspecified atom stereocenters. The number of likely N-dealkylation sites (tertiary alicyclic amines) is 1. The van der Waals surface area contributed by atoms with Gasteiger partial charge in [0.05, 0.1) is 6.33 Å². The zero-order valence-electron chi connectivity index (χ0n) is 11.4. The van der Waals surface area contributed by atoms with Crippen LogP contribution in [0.2, 0.25) is 0 Å². The maximum atomic E-state index is 12.2. The van der Waals surface area contributed by atoms with E-state index in [0.717, 1.165) is 12.8 Å². The Morgan fingerprint density at radius 2 is 2.32 bits per heavy atom. The summed E-state index contributed by atoms with van der Waals surface area (Å²) in [5.41, 5.74) is 0. The fourth-order valence-corrected chi connectivity index (χ4v) is 2.51. The second kappa shape index (κ2) is 5.86. The molecule has 19 heavy (non-hydrogen) atoms. The molecule has 2 heterocycles. The van der Waals surface area contributed by atoms with Gasteiger partial charge in [-0.2, -0.15) is 0 Å². The van der Waals surface area contributed by atoms with Crippen molar-refractivity contribution < 1.29 is 9.59 Å². The molecule has 1 fully saturated rings. The van der Waals surface area contributed by atoms with Crippen molar-refractivity contribution in [3.05, 3.63) is 18.7 Å². The van der Waals surface area contributed by atoms with Crippen molar-refractivity contribution in [3.8, 4) is 0 Å². The van der Waals surface area contributed by atoms with Gasteiger partial charge in [-0.15, -0.1) is 0 Å². The lowest BCUT2D eigenvalue weighted by Crippen LogP contribution is -2.48. The lowest BCUT2D eigenvalue weighted by Gasteiger charge is -2.24. The van der Waals surface area contributed by atoms with Crippen molar-refractivity contribution in [3.63, 3.8) is 0 Å². The molecule has 0 aliphatic carbocycles. The summed E-state index contributed by atoms with van der Waals surface area (Å²) in [6.45, 7) is 4.83. The third kappa shape index (κ3) is 3.33. The second-order valence-electron chi connectivity index (χ2n) is 5.04. The topological polar surface area (TPSA) is 67.2 Å². The van der Waals surface area contributed by atoms with E-state index in [1.807, 2.05) is 17.7 Å². The van der Waals surface area contributed by atoms with Crippen LogP contribution in [0.4, 0.5) is 0 Å². The third-order valence-electron chi connectivity index (χ3n) is 3.39. The molecule has 1 saturated heterocycles. The highest BCUT2D eigenvalue weighted by atomic mass is 16.2. The Morgan fingerprint density at radius 3 is 2.95 bits per heavy atom. The van der Waals surface area contributed by atoms with Crippen LogP contribution in [-0.4, -0.2) is 44.9 Å². The van der Waals surface area contributed by atoms with Gasteiger partial charge in [0.2, 0.25) is 11.8 Å². The van der Waals surface area contributed by atoms with Crippen LogP contribution in [-0.2, 0) is 16.1 Å². The van der Waals surface area contributed by atoms with Crippen molar-refractivity contribution >= 4 is 11.8 Å². The SMILES string of the molecule is CC(=O)N1CCC[C@@H]1C(=O)NC(C)Cn1ccnc1. The van der Waals surface area contributed by atoms with Crippen molar-refractivity contribution in [2.75, 3.05) is 6.54 Å². The molecule has 1 aliphatic rings. The average molecular weight is 264 g/mol. The molecular formula is C13H20N4O2. The first-order chi connectivity index (χ1) is 9.08. The summed E-state index contributed by atoms with van der Waals surface area (Å²) in [6, 6.07) is -0.293. The normalized spacial score (nSPS) is 20.3. The fraction of sp³-hybridized carbons (Fsp3) is 0.615. The summed E-state index contributed by atoms with van der Waals surface area (Å²) < 4.78 is 1.92. The van der Waals surface area contributed by atoms with Crippen molar-refractivity contribution in [1.29, 1.82) is 0 Å². The van der Waals surface area contributed by atoms with Gasteiger partial charge in [-0.3, -0.25) is 9.59 Å². The van der Waals surface area contributed by atoms with Crippen LogP contribution in [0.5, 0.6) is 0 Å². The Labute approximate surface area is 112 Å². The lowest BCUT2D eigenvalue weighted by atomic mass is 10.2. The highest BCUT2D eigenvalue weighted by Crippen LogP contribution is 2.17. The van der Waals surface area contributed by atoms with Gasteiger partial charge in [0.25, 0.3) is 0 Å². The van der Waals surface area contributed by atoms with Gasteiger partial charge in [0.1, 0.15) is 6.04 Å². The summed E-state index contributed by atoms with van der Waals surface area (Å²) >= 11 is 0. The number of imidazole rings is 1. The van der Waals surface area contributed by atoms with Gasteiger partial charge in [-0.25, -0.2) is 4.98 Å². The molecule has 0 bridgehead atoms.